The molecule has 10 heteroatoms. The third-order valence-electron chi connectivity index (χ3n) is 6.57. The molecule has 0 aliphatic carbocycles. The lowest BCUT2D eigenvalue weighted by molar-refractivity contribution is 0.0497. The fourth-order valence-electron chi connectivity index (χ4n) is 4.00. The summed E-state index contributed by atoms with van der Waals surface area (Å²) in [6, 6.07) is 26.0. The van der Waals surface area contributed by atoms with E-state index in [9.17, 15) is 9.18 Å². The van der Waals surface area contributed by atoms with Gasteiger partial charge in [-0.25, -0.2) is 9.18 Å². The highest BCUT2D eigenvalue weighted by Gasteiger charge is 2.11. The van der Waals surface area contributed by atoms with Crippen LogP contribution in [0.4, 0.5) is 44.2 Å². The Morgan fingerprint density at radius 1 is 0.636 bits per heavy atom. The molecule has 0 bridgehead atoms. The lowest BCUT2D eigenvalue weighted by Crippen LogP contribution is -2.07. The van der Waals surface area contributed by atoms with Crippen molar-refractivity contribution in [2.45, 2.75) is 39.0 Å². The molecule has 0 N–H and O–H groups in total. The van der Waals surface area contributed by atoms with Gasteiger partial charge in [0.2, 0.25) is 0 Å². The van der Waals surface area contributed by atoms with Crippen LogP contribution in [-0.4, -0.2) is 26.7 Å². The van der Waals surface area contributed by atoms with Gasteiger partial charge in [-0.2, -0.15) is 25.6 Å². The van der Waals surface area contributed by atoms with E-state index < -0.39 is 11.8 Å². The molecule has 0 unspecified atom stereocenters. The predicted octanol–water partition coefficient (Wildman–Crippen LogP) is 11.3. The van der Waals surface area contributed by atoms with E-state index in [1.165, 1.54) is 18.6 Å². The van der Waals surface area contributed by atoms with Gasteiger partial charge in [0, 0.05) is 19.8 Å². The summed E-state index contributed by atoms with van der Waals surface area (Å²) in [6.45, 7) is 2.47. The van der Waals surface area contributed by atoms with Crippen molar-refractivity contribution in [2.24, 2.45) is 30.7 Å². The zero-order chi connectivity index (χ0) is 31.1. The predicted molar refractivity (Wildman–Crippen MR) is 172 cm³/mol. The molecule has 4 aromatic rings. The maximum absolute atomic E-state index is 14.5. The molecule has 226 valence electrons. The van der Waals surface area contributed by atoms with Gasteiger partial charge in [0.25, 0.3) is 0 Å². The molecule has 0 saturated heterocycles. The third-order valence-corrected chi connectivity index (χ3v) is 6.57. The largest absolute Gasteiger partial charge is 0.462 e. The van der Waals surface area contributed by atoms with Gasteiger partial charge in [-0.15, -0.1) is 5.11 Å². The first-order chi connectivity index (χ1) is 21.4. The highest BCUT2D eigenvalue weighted by atomic mass is 19.1. The molecule has 0 aliphatic rings. The van der Waals surface area contributed by atoms with Crippen molar-refractivity contribution in [3.8, 4) is 0 Å². The second-order valence-electron chi connectivity index (χ2n) is 10.3. The van der Waals surface area contributed by atoms with E-state index in [0.717, 1.165) is 43.1 Å². The summed E-state index contributed by atoms with van der Waals surface area (Å²) in [5.41, 5.74) is 4.54. The number of azo groups is 3. The number of halogens is 1. The van der Waals surface area contributed by atoms with Crippen LogP contribution in [0.5, 0.6) is 0 Å². The number of carbonyl (C=O) groups excluding carboxylic acids is 1. The van der Waals surface area contributed by atoms with Crippen molar-refractivity contribution < 1.29 is 13.9 Å². The van der Waals surface area contributed by atoms with Gasteiger partial charge in [-0.1, -0.05) is 32.6 Å². The number of benzene rings is 4. The topological polar surface area (TPSA) is 104 Å². The standard InChI is InChI=1S/C34H36FN7O2/c1-4-5-6-7-8-23-44-34(43)25-9-22-33(32(35)24-25)41-40-29-16-14-28(15-17-29)37-36-26-10-12-27(13-11-26)38-39-30-18-20-31(21-19-30)42(2)3/h9-22,24H,4-8,23H2,1-3H3. The Kier molecular flexibility index (Phi) is 11.9. The number of esters is 1. The first-order valence-electron chi connectivity index (χ1n) is 14.6. The minimum absolute atomic E-state index is 0.0232. The fraction of sp³-hybridized carbons (Fsp3) is 0.265. The smallest absolute Gasteiger partial charge is 0.338 e. The van der Waals surface area contributed by atoms with Gasteiger partial charge in [0.05, 0.1) is 40.6 Å². The van der Waals surface area contributed by atoms with E-state index in [1.54, 1.807) is 24.3 Å². The molecule has 0 aromatic heterocycles. The van der Waals surface area contributed by atoms with E-state index in [4.69, 9.17) is 4.74 Å². The normalized spacial score (nSPS) is 11.5. The summed E-state index contributed by atoms with van der Waals surface area (Å²) >= 11 is 0. The Labute approximate surface area is 257 Å². The van der Waals surface area contributed by atoms with Crippen LogP contribution in [0.3, 0.4) is 0 Å². The van der Waals surface area contributed by atoms with Crippen molar-refractivity contribution >= 4 is 45.8 Å². The summed E-state index contributed by atoms with van der Waals surface area (Å²) in [6.07, 6.45) is 5.25. The number of hydrogen-bond donors (Lipinski definition) is 0. The van der Waals surface area contributed by atoms with Crippen LogP contribution in [-0.2, 0) is 4.74 Å². The van der Waals surface area contributed by atoms with E-state index in [1.807, 2.05) is 67.5 Å². The van der Waals surface area contributed by atoms with Crippen molar-refractivity contribution in [3.05, 3.63) is 102 Å². The first kappa shape index (κ1) is 31.8. The highest BCUT2D eigenvalue weighted by Crippen LogP contribution is 2.27. The summed E-state index contributed by atoms with van der Waals surface area (Å²) < 4.78 is 19.8. The molecule has 0 amide bonds. The van der Waals surface area contributed by atoms with Crippen LogP contribution in [0, 0.1) is 5.82 Å². The van der Waals surface area contributed by atoms with Crippen molar-refractivity contribution in [2.75, 3.05) is 25.6 Å². The maximum atomic E-state index is 14.5. The van der Waals surface area contributed by atoms with Gasteiger partial charge >= 0.3 is 5.97 Å². The molecule has 0 aliphatic heterocycles. The third kappa shape index (κ3) is 10.0. The molecule has 0 atom stereocenters. The van der Waals surface area contributed by atoms with Crippen LogP contribution in [0.15, 0.2) is 122 Å². The van der Waals surface area contributed by atoms with Gasteiger partial charge in [-0.3, -0.25) is 0 Å². The molecular formula is C34H36FN7O2. The summed E-state index contributed by atoms with van der Waals surface area (Å²) in [4.78, 5) is 14.2. The van der Waals surface area contributed by atoms with E-state index in [0.29, 0.717) is 29.4 Å². The number of ether oxygens (including phenoxy) is 1. The van der Waals surface area contributed by atoms with Crippen LogP contribution in [0.2, 0.25) is 0 Å². The quantitative estimate of drug-likeness (QED) is 0.0825. The number of hydrogen-bond acceptors (Lipinski definition) is 9. The second kappa shape index (κ2) is 16.5. The molecule has 0 heterocycles. The average molecular weight is 594 g/mol. The Bertz CT molecular complexity index is 1580. The van der Waals surface area contributed by atoms with Gasteiger partial charge in [-0.05, 0) is 97.4 Å². The lowest BCUT2D eigenvalue weighted by atomic mass is 10.1. The van der Waals surface area contributed by atoms with Gasteiger partial charge < -0.3 is 9.64 Å². The molecule has 4 aromatic carbocycles. The molecule has 0 radical (unpaired) electrons. The fourth-order valence-corrected chi connectivity index (χ4v) is 4.00. The van der Waals surface area contributed by atoms with Crippen LogP contribution in [0.25, 0.3) is 0 Å². The van der Waals surface area contributed by atoms with E-state index >= 15 is 0 Å². The minimum atomic E-state index is -0.650. The first-order valence-corrected chi connectivity index (χ1v) is 14.6. The van der Waals surface area contributed by atoms with Crippen molar-refractivity contribution in [1.82, 2.24) is 0 Å². The molecule has 44 heavy (non-hydrogen) atoms. The molecule has 9 nitrogen and oxygen atoms in total. The molecule has 0 saturated carbocycles. The number of carbonyl (C=O) groups is 1. The Hall–Kier alpha value is -5.12. The van der Waals surface area contributed by atoms with Gasteiger partial charge in [0.1, 0.15) is 5.69 Å². The van der Waals surface area contributed by atoms with Crippen molar-refractivity contribution in [1.29, 1.82) is 0 Å². The summed E-state index contributed by atoms with van der Waals surface area (Å²) in [5.74, 6) is -1.20. The average Bonchev–Trinajstić information content (AvgIpc) is 3.05. The number of anilines is 1. The zero-order valence-electron chi connectivity index (χ0n) is 25.2. The Balaban J connectivity index is 1.27. The Morgan fingerprint density at radius 3 is 1.55 bits per heavy atom. The maximum Gasteiger partial charge on any atom is 0.338 e. The monoisotopic (exact) mass is 593 g/mol. The Morgan fingerprint density at radius 2 is 1.09 bits per heavy atom. The highest BCUT2D eigenvalue weighted by molar-refractivity contribution is 5.89. The van der Waals surface area contributed by atoms with Crippen LogP contribution >= 0.6 is 0 Å². The van der Waals surface area contributed by atoms with Crippen LogP contribution < -0.4 is 4.90 Å². The number of rotatable bonds is 14. The van der Waals surface area contributed by atoms with E-state index in [2.05, 4.69) is 37.6 Å². The molecule has 4 rings (SSSR count). The minimum Gasteiger partial charge on any atom is -0.462 e. The van der Waals surface area contributed by atoms with Crippen LogP contribution in [0.1, 0.15) is 49.4 Å². The SMILES string of the molecule is CCCCCCCOC(=O)c1ccc(N=Nc2ccc(N=Nc3ccc(N=Nc4ccc(N(C)C)cc4)cc3)cc2)c(F)c1. The zero-order valence-corrected chi connectivity index (χ0v) is 25.2. The van der Waals surface area contributed by atoms with E-state index in [-0.39, 0.29) is 11.3 Å². The molecule has 0 fully saturated rings. The molecule has 0 spiro atoms. The molecular weight excluding hydrogens is 557 g/mol. The summed E-state index contributed by atoms with van der Waals surface area (Å²) in [5, 5.41) is 25.1. The lowest BCUT2D eigenvalue weighted by Gasteiger charge is -2.11. The summed E-state index contributed by atoms with van der Waals surface area (Å²) in [7, 11) is 3.98. The number of nitrogens with zero attached hydrogens (tertiary/aromatic N) is 7. The van der Waals surface area contributed by atoms with Gasteiger partial charge in [0.15, 0.2) is 5.82 Å². The number of unbranched alkanes of at least 4 members (excludes halogenated alkanes) is 4. The second-order valence-corrected chi connectivity index (χ2v) is 10.3. The van der Waals surface area contributed by atoms with Crippen molar-refractivity contribution in [3.63, 3.8) is 0 Å².